The van der Waals surface area contributed by atoms with E-state index >= 15 is 0 Å². The zero-order valence-electron chi connectivity index (χ0n) is 16.7. The van der Waals surface area contributed by atoms with Crippen molar-refractivity contribution >= 4 is 10.5 Å². The van der Waals surface area contributed by atoms with Gasteiger partial charge in [-0.1, -0.05) is 117 Å². The third-order valence-electron chi connectivity index (χ3n) is 5.17. The molecule has 0 bridgehead atoms. The van der Waals surface area contributed by atoms with Crippen LogP contribution in [0, 0.1) is 0 Å². The van der Waals surface area contributed by atoms with Crippen molar-refractivity contribution in [3.8, 4) is 0 Å². The average molecular weight is 343 g/mol. The van der Waals surface area contributed by atoms with Gasteiger partial charge in [0.25, 0.3) is 0 Å². The summed E-state index contributed by atoms with van der Waals surface area (Å²) >= 11 is 0. The van der Waals surface area contributed by atoms with Crippen LogP contribution in [0.25, 0.3) is 0 Å². The Morgan fingerprint density at radius 2 is 0.913 bits per heavy atom. The molecule has 0 heterocycles. The first-order chi connectivity index (χ1) is 11.3. The van der Waals surface area contributed by atoms with E-state index in [4.69, 9.17) is 4.43 Å². The Morgan fingerprint density at radius 1 is 0.565 bits per heavy atom. The summed E-state index contributed by atoms with van der Waals surface area (Å²) < 4.78 is 5.56. The monoisotopic (exact) mass is 342 g/mol. The predicted octanol–water partition coefficient (Wildman–Crippen LogP) is 6.71. The highest BCUT2D eigenvalue weighted by Crippen LogP contribution is 2.15. The summed E-state index contributed by atoms with van der Waals surface area (Å²) in [6.45, 7) is 4.54. The van der Waals surface area contributed by atoms with E-state index in [0.717, 1.165) is 10.5 Å². The van der Waals surface area contributed by atoms with Crippen molar-refractivity contribution in [2.75, 3.05) is 0 Å². The van der Waals surface area contributed by atoms with Crippen molar-refractivity contribution < 1.29 is 4.43 Å². The van der Waals surface area contributed by atoms with Gasteiger partial charge in [-0.15, -0.1) is 0 Å². The van der Waals surface area contributed by atoms with E-state index in [-0.39, 0.29) is 0 Å². The van der Waals surface area contributed by atoms with Gasteiger partial charge >= 0.3 is 0 Å². The maximum atomic E-state index is 5.56. The zero-order chi connectivity index (χ0) is 17.0. The van der Waals surface area contributed by atoms with Gasteiger partial charge in [0, 0.05) is 6.10 Å². The van der Waals surface area contributed by atoms with Gasteiger partial charge in [0.05, 0.1) is 0 Å². The Bertz CT molecular complexity index is 204. The lowest BCUT2D eigenvalue weighted by atomic mass is 10.0. The Morgan fingerprint density at radius 3 is 1.22 bits per heavy atom. The van der Waals surface area contributed by atoms with Crippen LogP contribution < -0.4 is 0 Å². The molecule has 0 spiro atoms. The minimum atomic E-state index is 0.563. The van der Waals surface area contributed by atoms with Crippen LogP contribution in [0.1, 0.15) is 129 Å². The van der Waals surface area contributed by atoms with Gasteiger partial charge in [-0.05, 0) is 12.8 Å². The Labute approximate surface area is 150 Å². The molecule has 0 rings (SSSR count). The van der Waals surface area contributed by atoms with Crippen molar-refractivity contribution in [2.24, 2.45) is 0 Å². The van der Waals surface area contributed by atoms with Crippen LogP contribution in [0.2, 0.25) is 0 Å². The highest BCUT2D eigenvalue weighted by atomic mass is 28.2. The Kier molecular flexibility index (Phi) is 20.4. The third kappa shape index (κ3) is 18.4. The molecule has 0 aromatic carbocycles. The topological polar surface area (TPSA) is 9.23 Å². The summed E-state index contributed by atoms with van der Waals surface area (Å²) in [4.78, 5) is 0. The fourth-order valence-electron chi connectivity index (χ4n) is 3.41. The molecular formula is C21H46OSi. The van der Waals surface area contributed by atoms with Gasteiger partial charge in [0.2, 0.25) is 0 Å². The van der Waals surface area contributed by atoms with E-state index in [1.54, 1.807) is 0 Å². The van der Waals surface area contributed by atoms with Crippen LogP contribution in [-0.4, -0.2) is 16.6 Å². The summed E-state index contributed by atoms with van der Waals surface area (Å²) in [6, 6.07) is 0. The second-order valence-corrected chi connectivity index (χ2v) is 7.83. The summed E-state index contributed by atoms with van der Waals surface area (Å²) in [6.07, 6.45) is 26.3. The van der Waals surface area contributed by atoms with Crippen LogP contribution in [0.15, 0.2) is 0 Å². The van der Waals surface area contributed by atoms with Crippen molar-refractivity contribution in [1.82, 2.24) is 0 Å². The van der Waals surface area contributed by atoms with Gasteiger partial charge in [-0.3, -0.25) is 0 Å². The fourth-order valence-corrected chi connectivity index (χ4v) is 3.98. The van der Waals surface area contributed by atoms with E-state index in [1.807, 2.05) is 0 Å². The molecule has 0 amide bonds. The molecule has 1 unspecified atom stereocenters. The standard InChI is InChI=1S/C21H46OSi/c1-3-5-6-7-8-9-10-11-12-13-14-15-16-17-18-19-20-21(4-2)22-23/h21H,3-20H2,1-2,23H3. The zero-order valence-corrected chi connectivity index (χ0v) is 18.7. The summed E-state index contributed by atoms with van der Waals surface area (Å²) in [5, 5.41) is 0. The van der Waals surface area contributed by atoms with Crippen LogP contribution in [0.4, 0.5) is 0 Å². The fraction of sp³-hybridized carbons (Fsp3) is 1.00. The molecule has 0 saturated heterocycles. The lowest BCUT2D eigenvalue weighted by Crippen LogP contribution is -2.09. The molecule has 0 radical (unpaired) electrons. The molecule has 0 aliphatic heterocycles. The smallest absolute Gasteiger partial charge is 0.146 e. The largest absolute Gasteiger partial charge is 0.425 e. The van der Waals surface area contributed by atoms with Crippen molar-refractivity contribution in [1.29, 1.82) is 0 Å². The molecule has 23 heavy (non-hydrogen) atoms. The summed E-state index contributed by atoms with van der Waals surface area (Å²) in [7, 11) is 0.903. The van der Waals surface area contributed by atoms with Gasteiger partial charge < -0.3 is 4.43 Å². The predicted molar refractivity (Wildman–Crippen MR) is 109 cm³/mol. The van der Waals surface area contributed by atoms with Gasteiger partial charge in [-0.25, -0.2) is 0 Å². The first-order valence-corrected chi connectivity index (χ1v) is 11.7. The van der Waals surface area contributed by atoms with E-state index in [0.29, 0.717) is 6.10 Å². The molecular weight excluding hydrogens is 296 g/mol. The summed E-state index contributed by atoms with van der Waals surface area (Å²) in [5.41, 5.74) is 0. The number of unbranched alkanes of at least 4 members (excludes halogenated alkanes) is 15. The SMILES string of the molecule is CCCCCCCCCCCCCCCCCCC(CC)O[SiH3]. The van der Waals surface area contributed by atoms with E-state index in [2.05, 4.69) is 13.8 Å². The third-order valence-corrected chi connectivity index (χ3v) is 5.83. The van der Waals surface area contributed by atoms with E-state index < -0.39 is 0 Å². The molecule has 1 nitrogen and oxygen atoms in total. The molecule has 0 aromatic heterocycles. The molecule has 140 valence electrons. The molecule has 1 atom stereocenters. The van der Waals surface area contributed by atoms with Crippen LogP contribution in [0.5, 0.6) is 0 Å². The van der Waals surface area contributed by atoms with Crippen LogP contribution in [0.3, 0.4) is 0 Å². The number of rotatable bonds is 19. The first-order valence-electron chi connectivity index (χ1n) is 10.9. The highest BCUT2D eigenvalue weighted by Gasteiger charge is 2.02. The molecule has 0 saturated carbocycles. The Balaban J connectivity index is 3.02. The first kappa shape index (κ1) is 23.2. The van der Waals surface area contributed by atoms with Crippen molar-refractivity contribution in [3.63, 3.8) is 0 Å². The minimum Gasteiger partial charge on any atom is -0.425 e. The molecule has 0 N–H and O–H groups in total. The molecule has 0 aliphatic rings. The summed E-state index contributed by atoms with van der Waals surface area (Å²) in [5.74, 6) is 0. The highest BCUT2D eigenvalue weighted by molar-refractivity contribution is 5.98. The van der Waals surface area contributed by atoms with Crippen LogP contribution in [-0.2, 0) is 4.43 Å². The lowest BCUT2D eigenvalue weighted by Gasteiger charge is -2.12. The number of hydrogen-bond donors (Lipinski definition) is 0. The van der Waals surface area contributed by atoms with E-state index in [1.165, 1.54) is 116 Å². The normalized spacial score (nSPS) is 12.8. The van der Waals surface area contributed by atoms with Crippen molar-refractivity contribution in [3.05, 3.63) is 0 Å². The van der Waals surface area contributed by atoms with E-state index in [9.17, 15) is 0 Å². The van der Waals surface area contributed by atoms with Crippen LogP contribution >= 0.6 is 0 Å². The average Bonchev–Trinajstić information content (AvgIpc) is 2.58. The van der Waals surface area contributed by atoms with Crippen molar-refractivity contribution in [2.45, 2.75) is 136 Å². The second kappa shape index (κ2) is 20.2. The molecule has 0 aromatic rings. The molecule has 0 fully saturated rings. The Hall–Kier alpha value is 0.177. The maximum absolute atomic E-state index is 5.56. The minimum absolute atomic E-state index is 0.563. The quantitative estimate of drug-likeness (QED) is 0.187. The second-order valence-electron chi connectivity index (χ2n) is 7.36. The maximum Gasteiger partial charge on any atom is 0.146 e. The lowest BCUT2D eigenvalue weighted by molar-refractivity contribution is 0.200. The molecule has 0 aliphatic carbocycles. The number of hydrogen-bond acceptors (Lipinski definition) is 1. The van der Waals surface area contributed by atoms with Gasteiger partial charge in [0.1, 0.15) is 10.5 Å². The molecule has 2 heteroatoms. The van der Waals surface area contributed by atoms with Gasteiger partial charge in [0.15, 0.2) is 0 Å². The van der Waals surface area contributed by atoms with Gasteiger partial charge in [-0.2, -0.15) is 0 Å².